The molecule has 0 bridgehead atoms. The summed E-state index contributed by atoms with van der Waals surface area (Å²) >= 11 is 0. The van der Waals surface area contributed by atoms with E-state index in [0.717, 1.165) is 48.4 Å². The molecular formula is C20H20N2O2. The van der Waals surface area contributed by atoms with E-state index in [1.165, 1.54) is 0 Å². The molecule has 0 unspecified atom stereocenters. The van der Waals surface area contributed by atoms with E-state index in [9.17, 15) is 4.79 Å². The Morgan fingerprint density at radius 1 is 0.958 bits per heavy atom. The Morgan fingerprint density at radius 3 is 2.46 bits per heavy atom. The molecule has 0 saturated carbocycles. The molecular weight excluding hydrogens is 300 g/mol. The van der Waals surface area contributed by atoms with E-state index < -0.39 is 0 Å². The molecule has 0 radical (unpaired) electrons. The van der Waals surface area contributed by atoms with E-state index in [4.69, 9.17) is 4.74 Å². The lowest BCUT2D eigenvalue weighted by Gasteiger charge is -2.33. The van der Waals surface area contributed by atoms with Crippen LogP contribution in [-0.4, -0.2) is 24.2 Å². The first-order chi connectivity index (χ1) is 11.8. The third-order valence-corrected chi connectivity index (χ3v) is 4.55. The van der Waals surface area contributed by atoms with Gasteiger partial charge in [-0.05, 0) is 24.3 Å². The van der Waals surface area contributed by atoms with E-state index in [1.807, 2.05) is 54.6 Å². The van der Waals surface area contributed by atoms with Gasteiger partial charge in [0, 0.05) is 37.4 Å². The first-order valence-electron chi connectivity index (χ1n) is 8.38. The number of piperidine rings is 1. The molecule has 0 spiro atoms. The summed E-state index contributed by atoms with van der Waals surface area (Å²) in [5.41, 5.74) is 0.963. The van der Waals surface area contributed by atoms with Crippen LogP contribution in [0.2, 0.25) is 0 Å². The SMILES string of the molecule is O=c1cc(N2CCC(Oc3ccccc3)CC2)[nH]c2ccccc12. The van der Waals surface area contributed by atoms with Crippen molar-refractivity contribution in [3.63, 3.8) is 0 Å². The summed E-state index contributed by atoms with van der Waals surface area (Å²) in [6, 6.07) is 19.3. The topological polar surface area (TPSA) is 45.3 Å². The van der Waals surface area contributed by atoms with Crippen molar-refractivity contribution in [3.05, 3.63) is 70.9 Å². The lowest BCUT2D eigenvalue weighted by atomic mass is 10.1. The zero-order valence-corrected chi connectivity index (χ0v) is 13.4. The van der Waals surface area contributed by atoms with Gasteiger partial charge in [0.25, 0.3) is 0 Å². The number of hydrogen-bond acceptors (Lipinski definition) is 3. The second kappa shape index (κ2) is 6.40. The van der Waals surface area contributed by atoms with Crippen molar-refractivity contribution in [1.82, 2.24) is 4.98 Å². The molecule has 1 fully saturated rings. The summed E-state index contributed by atoms with van der Waals surface area (Å²) in [5, 5.41) is 0.739. The first kappa shape index (κ1) is 14.8. The maximum atomic E-state index is 12.3. The van der Waals surface area contributed by atoms with Crippen LogP contribution in [0.5, 0.6) is 5.75 Å². The second-order valence-electron chi connectivity index (χ2n) is 6.18. The fourth-order valence-electron chi connectivity index (χ4n) is 3.26. The molecule has 0 amide bonds. The Labute approximate surface area is 140 Å². The quantitative estimate of drug-likeness (QED) is 0.802. The van der Waals surface area contributed by atoms with Crippen LogP contribution in [0.4, 0.5) is 5.82 Å². The van der Waals surface area contributed by atoms with Gasteiger partial charge in [0.05, 0.1) is 5.52 Å². The number of benzene rings is 2. The van der Waals surface area contributed by atoms with Gasteiger partial charge >= 0.3 is 0 Å². The molecule has 4 rings (SSSR count). The standard InChI is InChI=1S/C20H20N2O2/c23-19-14-20(21-18-9-5-4-8-17(18)19)22-12-10-16(11-13-22)24-15-6-2-1-3-7-15/h1-9,14,16H,10-13H2,(H,21,23). The van der Waals surface area contributed by atoms with Gasteiger partial charge in [0.2, 0.25) is 0 Å². The summed E-state index contributed by atoms with van der Waals surface area (Å²) in [6.45, 7) is 1.76. The summed E-state index contributed by atoms with van der Waals surface area (Å²) in [6.07, 6.45) is 2.13. The molecule has 2 heterocycles. The third kappa shape index (κ3) is 3.00. The van der Waals surface area contributed by atoms with E-state index in [2.05, 4.69) is 9.88 Å². The Morgan fingerprint density at radius 2 is 1.67 bits per heavy atom. The van der Waals surface area contributed by atoms with Gasteiger partial charge in [-0.3, -0.25) is 4.79 Å². The molecule has 0 aliphatic carbocycles. The van der Waals surface area contributed by atoms with Gasteiger partial charge in [0.1, 0.15) is 17.7 Å². The maximum absolute atomic E-state index is 12.3. The van der Waals surface area contributed by atoms with Crippen molar-refractivity contribution in [2.75, 3.05) is 18.0 Å². The fraction of sp³-hybridized carbons (Fsp3) is 0.250. The molecule has 1 aromatic heterocycles. The third-order valence-electron chi connectivity index (χ3n) is 4.55. The van der Waals surface area contributed by atoms with Crippen LogP contribution in [0.1, 0.15) is 12.8 Å². The minimum Gasteiger partial charge on any atom is -0.490 e. The zero-order chi connectivity index (χ0) is 16.4. The monoisotopic (exact) mass is 320 g/mol. The maximum Gasteiger partial charge on any atom is 0.191 e. The molecule has 0 atom stereocenters. The molecule has 3 aromatic rings. The Hall–Kier alpha value is -2.75. The van der Waals surface area contributed by atoms with E-state index in [-0.39, 0.29) is 11.5 Å². The second-order valence-corrected chi connectivity index (χ2v) is 6.18. The highest BCUT2D eigenvalue weighted by atomic mass is 16.5. The van der Waals surface area contributed by atoms with Gasteiger partial charge < -0.3 is 14.6 Å². The number of aromatic amines is 1. The number of ether oxygens (including phenoxy) is 1. The number of anilines is 1. The number of fused-ring (bicyclic) bond motifs is 1. The lowest BCUT2D eigenvalue weighted by Crippen LogP contribution is -2.39. The van der Waals surface area contributed by atoms with Crippen LogP contribution in [0, 0.1) is 0 Å². The highest BCUT2D eigenvalue weighted by Crippen LogP contribution is 2.22. The molecule has 4 nitrogen and oxygen atoms in total. The predicted octanol–water partition coefficient (Wildman–Crippen LogP) is 3.58. The average molecular weight is 320 g/mol. The number of aromatic nitrogens is 1. The summed E-state index contributed by atoms with van der Waals surface area (Å²) < 4.78 is 6.03. The molecule has 2 aromatic carbocycles. The number of para-hydroxylation sites is 2. The van der Waals surface area contributed by atoms with Crippen molar-refractivity contribution in [2.24, 2.45) is 0 Å². The van der Waals surface area contributed by atoms with Crippen LogP contribution in [-0.2, 0) is 0 Å². The van der Waals surface area contributed by atoms with E-state index in [1.54, 1.807) is 6.07 Å². The molecule has 1 aliphatic rings. The number of hydrogen-bond donors (Lipinski definition) is 1. The first-order valence-corrected chi connectivity index (χ1v) is 8.38. The van der Waals surface area contributed by atoms with Crippen molar-refractivity contribution < 1.29 is 4.74 Å². The van der Waals surface area contributed by atoms with Crippen LogP contribution in [0.25, 0.3) is 10.9 Å². The molecule has 122 valence electrons. The van der Waals surface area contributed by atoms with Gasteiger partial charge in [-0.25, -0.2) is 0 Å². The fourth-order valence-corrected chi connectivity index (χ4v) is 3.26. The number of rotatable bonds is 3. The number of nitrogens with zero attached hydrogens (tertiary/aromatic N) is 1. The lowest BCUT2D eigenvalue weighted by molar-refractivity contribution is 0.170. The number of H-pyrrole nitrogens is 1. The molecule has 1 aliphatic heterocycles. The predicted molar refractivity (Wildman–Crippen MR) is 96.9 cm³/mol. The van der Waals surface area contributed by atoms with E-state index in [0.29, 0.717) is 0 Å². The Kier molecular flexibility index (Phi) is 3.95. The molecule has 1 N–H and O–H groups in total. The average Bonchev–Trinajstić information content (AvgIpc) is 2.63. The van der Waals surface area contributed by atoms with Gasteiger partial charge in [0.15, 0.2) is 5.43 Å². The zero-order valence-electron chi connectivity index (χ0n) is 13.4. The number of pyridine rings is 1. The Bertz CT molecular complexity index is 881. The summed E-state index contributed by atoms with van der Waals surface area (Å²) in [4.78, 5) is 17.9. The Balaban J connectivity index is 1.47. The van der Waals surface area contributed by atoms with E-state index >= 15 is 0 Å². The number of nitrogens with one attached hydrogen (secondary N) is 1. The van der Waals surface area contributed by atoms with Crippen molar-refractivity contribution in [1.29, 1.82) is 0 Å². The van der Waals surface area contributed by atoms with Gasteiger partial charge in [-0.2, -0.15) is 0 Å². The molecule has 1 saturated heterocycles. The van der Waals surface area contributed by atoms with Crippen molar-refractivity contribution in [2.45, 2.75) is 18.9 Å². The highest BCUT2D eigenvalue weighted by molar-refractivity contribution is 5.80. The molecule has 24 heavy (non-hydrogen) atoms. The normalized spacial score (nSPS) is 15.6. The van der Waals surface area contributed by atoms with Crippen LogP contribution in [0.3, 0.4) is 0 Å². The van der Waals surface area contributed by atoms with Crippen LogP contribution >= 0.6 is 0 Å². The smallest absolute Gasteiger partial charge is 0.191 e. The minimum absolute atomic E-state index is 0.0713. The van der Waals surface area contributed by atoms with Crippen LogP contribution in [0.15, 0.2) is 65.5 Å². The van der Waals surface area contributed by atoms with Gasteiger partial charge in [-0.1, -0.05) is 30.3 Å². The van der Waals surface area contributed by atoms with Crippen LogP contribution < -0.4 is 15.1 Å². The van der Waals surface area contributed by atoms with Crippen molar-refractivity contribution >= 4 is 16.7 Å². The largest absolute Gasteiger partial charge is 0.490 e. The minimum atomic E-state index is 0.0713. The van der Waals surface area contributed by atoms with Gasteiger partial charge in [-0.15, -0.1) is 0 Å². The summed E-state index contributed by atoms with van der Waals surface area (Å²) in [7, 11) is 0. The molecule has 4 heteroatoms. The summed E-state index contributed by atoms with van der Waals surface area (Å²) in [5.74, 6) is 1.83. The van der Waals surface area contributed by atoms with Crippen molar-refractivity contribution in [3.8, 4) is 5.75 Å². The highest BCUT2D eigenvalue weighted by Gasteiger charge is 2.21.